The van der Waals surface area contributed by atoms with E-state index in [0.717, 1.165) is 37.7 Å². The molecule has 0 radical (unpaired) electrons. The molecular formula is C30H39N3O5. The van der Waals surface area contributed by atoms with Crippen LogP contribution in [0.25, 0.3) is 5.70 Å². The molecule has 1 aromatic rings. The Balaban J connectivity index is 0.00000161. The van der Waals surface area contributed by atoms with Gasteiger partial charge in [0.05, 0.1) is 5.70 Å². The van der Waals surface area contributed by atoms with E-state index >= 15 is 0 Å². The largest absolute Gasteiger partial charge is 0.479 e. The molecule has 1 aromatic carbocycles. The second-order valence-corrected chi connectivity index (χ2v) is 9.08. The highest BCUT2D eigenvalue weighted by Gasteiger charge is 2.40. The summed E-state index contributed by atoms with van der Waals surface area (Å²) in [5.41, 5.74) is 8.44. The Bertz CT molecular complexity index is 1130. The number of nitrogens with two attached hydrogens (primary N) is 1. The molecule has 0 spiro atoms. The predicted molar refractivity (Wildman–Crippen MR) is 150 cm³/mol. The van der Waals surface area contributed by atoms with Crippen LogP contribution in [0.3, 0.4) is 0 Å². The predicted octanol–water partition coefficient (Wildman–Crippen LogP) is 5.24. The highest BCUT2D eigenvalue weighted by atomic mass is 16.5. The van der Waals surface area contributed by atoms with Gasteiger partial charge in [0.2, 0.25) is 12.3 Å². The molecule has 3 rings (SSSR count). The second-order valence-electron chi connectivity index (χ2n) is 9.08. The second kappa shape index (κ2) is 15.3. The Morgan fingerprint density at radius 1 is 1.24 bits per heavy atom. The number of benzene rings is 1. The zero-order chi connectivity index (χ0) is 28.1. The molecule has 2 aliphatic rings. The van der Waals surface area contributed by atoms with Gasteiger partial charge in [-0.1, -0.05) is 68.0 Å². The van der Waals surface area contributed by atoms with Crippen molar-refractivity contribution in [2.75, 3.05) is 6.61 Å². The minimum Gasteiger partial charge on any atom is -0.479 e. The van der Waals surface area contributed by atoms with Gasteiger partial charge in [0.25, 0.3) is 0 Å². The quantitative estimate of drug-likeness (QED) is 0.321. The van der Waals surface area contributed by atoms with E-state index < -0.39 is 12.6 Å². The molecule has 0 aromatic heterocycles. The van der Waals surface area contributed by atoms with Gasteiger partial charge in [0.1, 0.15) is 5.70 Å². The van der Waals surface area contributed by atoms with E-state index in [1.54, 1.807) is 6.92 Å². The smallest absolute Gasteiger partial charge is 0.341 e. The highest BCUT2D eigenvalue weighted by Crippen LogP contribution is 2.41. The topological polar surface area (TPSA) is 122 Å². The molecule has 0 aliphatic carbocycles. The molecule has 2 atom stereocenters. The van der Waals surface area contributed by atoms with Crippen molar-refractivity contribution in [2.45, 2.75) is 65.8 Å². The van der Waals surface area contributed by atoms with Crippen molar-refractivity contribution >= 4 is 29.8 Å². The van der Waals surface area contributed by atoms with Crippen molar-refractivity contribution in [3.8, 4) is 0 Å². The molecule has 1 amide bonds. The van der Waals surface area contributed by atoms with Gasteiger partial charge in [-0.05, 0) is 51.9 Å². The lowest BCUT2D eigenvalue weighted by Crippen LogP contribution is -2.44. The van der Waals surface area contributed by atoms with Crippen LogP contribution >= 0.6 is 0 Å². The molecule has 0 bridgehead atoms. The lowest BCUT2D eigenvalue weighted by atomic mass is 9.80. The number of carboxylic acids is 1. The van der Waals surface area contributed by atoms with E-state index in [4.69, 9.17) is 14.5 Å². The van der Waals surface area contributed by atoms with Gasteiger partial charge in [0, 0.05) is 23.4 Å². The van der Waals surface area contributed by atoms with Gasteiger partial charge in [-0.25, -0.2) is 9.79 Å². The number of primary amides is 1. The fourth-order valence-corrected chi connectivity index (χ4v) is 4.82. The third-order valence-corrected chi connectivity index (χ3v) is 6.61. The van der Waals surface area contributed by atoms with E-state index in [2.05, 4.69) is 36.6 Å². The van der Waals surface area contributed by atoms with Crippen LogP contribution in [0.15, 0.2) is 76.6 Å². The van der Waals surface area contributed by atoms with E-state index in [-0.39, 0.29) is 30.1 Å². The first-order valence-corrected chi connectivity index (χ1v) is 13.0. The highest BCUT2D eigenvalue weighted by molar-refractivity contribution is 6.07. The molecule has 2 aliphatic heterocycles. The Labute approximate surface area is 225 Å². The van der Waals surface area contributed by atoms with Gasteiger partial charge in [-0.15, -0.1) is 0 Å². The Morgan fingerprint density at radius 3 is 2.47 bits per heavy atom. The number of carbonyl (C=O) groups is 3. The molecule has 8 heteroatoms. The number of hydrogen-bond donors (Lipinski definition) is 2. The minimum atomic E-state index is -1.08. The third kappa shape index (κ3) is 8.03. The number of fused-ring (bicyclic) bond motifs is 1. The average Bonchev–Trinajstić information content (AvgIpc) is 2.91. The van der Waals surface area contributed by atoms with Crippen LogP contribution in [0.5, 0.6) is 0 Å². The van der Waals surface area contributed by atoms with E-state index in [9.17, 15) is 14.7 Å². The molecule has 8 nitrogen and oxygen atoms in total. The standard InChI is InChI=1S/C29H36N2O4.CH3NO/c1-5-8-12-21(6-2)15-16-24-17-22(7-3)27(20(4)32)28-29(35-19-26(33)34)30-25(18-31(24)28)23-13-10-9-11-14-23;2-1-3/h5,8-14,18,22,24H,6-7,15-17,19H2,1-4H3,(H,33,34);1H,(H2,2,3)/b8-5-,21-12+;. The summed E-state index contributed by atoms with van der Waals surface area (Å²) < 4.78 is 5.72. The lowest BCUT2D eigenvalue weighted by molar-refractivity contribution is -0.139. The molecule has 204 valence electrons. The molecule has 3 N–H and O–H groups in total. The number of carboxylic acid groups (broad SMARTS) is 1. The number of rotatable bonds is 10. The average molecular weight is 522 g/mol. The maximum atomic E-state index is 12.8. The summed E-state index contributed by atoms with van der Waals surface area (Å²) in [6.45, 7) is 7.33. The van der Waals surface area contributed by atoms with Gasteiger partial charge >= 0.3 is 5.97 Å². The lowest BCUT2D eigenvalue weighted by Gasteiger charge is -2.43. The summed E-state index contributed by atoms with van der Waals surface area (Å²) in [7, 11) is 0. The Hall–Kier alpha value is -3.94. The van der Waals surface area contributed by atoms with E-state index in [0.29, 0.717) is 17.0 Å². The van der Waals surface area contributed by atoms with E-state index in [1.807, 2.05) is 49.5 Å². The maximum absolute atomic E-state index is 12.8. The monoisotopic (exact) mass is 521 g/mol. The first-order valence-electron chi connectivity index (χ1n) is 13.0. The number of nitrogens with zero attached hydrogens (tertiary/aromatic N) is 2. The molecule has 38 heavy (non-hydrogen) atoms. The van der Waals surface area contributed by atoms with Crippen molar-refractivity contribution in [1.82, 2.24) is 4.90 Å². The number of ketones is 1. The summed E-state index contributed by atoms with van der Waals surface area (Å²) in [5.74, 6) is -0.831. The Morgan fingerprint density at radius 2 is 1.92 bits per heavy atom. The molecule has 2 heterocycles. The van der Waals surface area contributed by atoms with Crippen molar-refractivity contribution in [3.63, 3.8) is 0 Å². The van der Waals surface area contributed by atoms with Gasteiger partial charge in [-0.3, -0.25) is 9.59 Å². The van der Waals surface area contributed by atoms with Gasteiger partial charge in [0.15, 0.2) is 12.4 Å². The van der Waals surface area contributed by atoms with Crippen LogP contribution in [0.1, 0.15) is 65.4 Å². The van der Waals surface area contributed by atoms with Crippen LogP contribution in [0.4, 0.5) is 0 Å². The van der Waals surface area contributed by atoms with Crippen LogP contribution < -0.4 is 5.73 Å². The normalized spacial score (nSPS) is 19.2. The molecule has 0 saturated carbocycles. The molecule has 2 unspecified atom stereocenters. The van der Waals surface area contributed by atoms with Crippen molar-refractivity contribution in [2.24, 2.45) is 16.6 Å². The van der Waals surface area contributed by atoms with Crippen LogP contribution in [-0.2, 0) is 19.1 Å². The zero-order valence-electron chi connectivity index (χ0n) is 22.7. The fourth-order valence-electron chi connectivity index (χ4n) is 4.82. The van der Waals surface area contributed by atoms with Crippen LogP contribution in [0, 0.1) is 5.92 Å². The van der Waals surface area contributed by atoms with Crippen LogP contribution in [-0.4, -0.2) is 46.7 Å². The number of ether oxygens (including phenoxy) is 1. The maximum Gasteiger partial charge on any atom is 0.341 e. The number of allylic oxidation sites excluding steroid dienone is 5. The Kier molecular flexibility index (Phi) is 12.2. The number of hydrogen-bond acceptors (Lipinski definition) is 6. The first kappa shape index (κ1) is 30.3. The zero-order valence-corrected chi connectivity index (χ0v) is 22.7. The molecule has 0 saturated heterocycles. The summed E-state index contributed by atoms with van der Waals surface area (Å²) in [4.78, 5) is 39.6. The van der Waals surface area contributed by atoms with Crippen LogP contribution in [0.2, 0.25) is 0 Å². The fraction of sp³-hybridized carbons (Fsp3) is 0.400. The molecule has 0 fully saturated rings. The summed E-state index contributed by atoms with van der Waals surface area (Å²) in [6.07, 6.45) is 13.0. The number of amides is 1. The number of aliphatic imine (C=N–C) groups is 1. The van der Waals surface area contributed by atoms with Gasteiger partial charge in [-0.2, -0.15) is 0 Å². The van der Waals surface area contributed by atoms with Gasteiger partial charge < -0.3 is 20.5 Å². The number of Topliss-reactive ketones (excluding diaryl/α,β-unsaturated/α-hetero) is 1. The minimum absolute atomic E-state index is 0.0271. The summed E-state index contributed by atoms with van der Waals surface area (Å²) in [5, 5.41) is 9.29. The summed E-state index contributed by atoms with van der Waals surface area (Å²) >= 11 is 0. The molecular weight excluding hydrogens is 482 g/mol. The SMILES string of the molecule is C/C=C\C=C(/CC)CCC1CC(CC)C(C(C)=O)=C2C(OCC(=O)O)=NC(c3ccccc3)=CN21.NC=O. The van der Waals surface area contributed by atoms with Crippen molar-refractivity contribution in [1.29, 1.82) is 0 Å². The number of carbonyl (C=O) groups excluding carboxylic acids is 2. The van der Waals surface area contributed by atoms with Crippen molar-refractivity contribution < 1.29 is 24.2 Å². The number of aliphatic carboxylic acids is 1. The summed E-state index contributed by atoms with van der Waals surface area (Å²) in [6, 6.07) is 9.89. The first-order chi connectivity index (χ1) is 18.3. The third-order valence-electron chi connectivity index (χ3n) is 6.61. The van der Waals surface area contributed by atoms with E-state index in [1.165, 1.54) is 5.57 Å². The van der Waals surface area contributed by atoms with Crippen molar-refractivity contribution in [3.05, 3.63) is 77.2 Å².